The van der Waals surface area contributed by atoms with Gasteiger partial charge in [0.05, 0.1) is 13.3 Å². The first kappa shape index (κ1) is 21.0. The zero-order valence-corrected chi connectivity index (χ0v) is 20.0. The van der Waals surface area contributed by atoms with Crippen LogP contribution in [0, 0.1) is 0 Å². The summed E-state index contributed by atoms with van der Waals surface area (Å²) in [5.41, 5.74) is 5.12. The summed E-state index contributed by atoms with van der Waals surface area (Å²) in [4.78, 5) is 11.8. The molecule has 0 saturated heterocycles. The maximum absolute atomic E-state index is 2.42. The second-order valence-electron chi connectivity index (χ2n) is 9.11. The van der Waals surface area contributed by atoms with Crippen molar-refractivity contribution in [3.05, 3.63) is 90.8 Å². The van der Waals surface area contributed by atoms with E-state index in [0.29, 0.717) is 0 Å². The lowest BCUT2D eigenvalue weighted by molar-refractivity contribution is 0.150. The number of para-hydroxylation sites is 1. The van der Waals surface area contributed by atoms with Crippen LogP contribution in [0.3, 0.4) is 0 Å². The highest BCUT2D eigenvalue weighted by atomic mass is 32.2. The predicted molar refractivity (Wildman–Crippen MR) is 135 cm³/mol. The lowest BCUT2D eigenvalue weighted by atomic mass is 9.88. The number of benzene rings is 3. The average molecular weight is 443 g/mol. The molecule has 0 saturated carbocycles. The summed E-state index contributed by atoms with van der Waals surface area (Å²) >= 11 is 1.82. The van der Waals surface area contributed by atoms with Crippen LogP contribution in [-0.4, -0.2) is 37.2 Å². The Hall–Kier alpha value is -2.89. The lowest BCUT2D eigenvalue weighted by Crippen LogP contribution is -2.49. The molecule has 0 amide bonds. The Labute approximate surface area is 195 Å². The molecule has 2 heterocycles. The maximum Gasteiger partial charge on any atom is 0.0938 e. The monoisotopic (exact) mass is 442 g/mol. The summed E-state index contributed by atoms with van der Waals surface area (Å²) in [6.45, 7) is 6.36. The van der Waals surface area contributed by atoms with Crippen LogP contribution in [0.2, 0.25) is 0 Å². The van der Waals surface area contributed by atoms with Crippen LogP contribution < -0.4 is 9.80 Å². The van der Waals surface area contributed by atoms with Crippen LogP contribution in [0.25, 0.3) is 0 Å². The van der Waals surface area contributed by atoms with Gasteiger partial charge < -0.3 is 14.7 Å². The summed E-state index contributed by atoms with van der Waals surface area (Å²) < 4.78 is 0. The van der Waals surface area contributed by atoms with E-state index in [1.165, 1.54) is 32.4 Å². The number of rotatable bonds is 4. The van der Waals surface area contributed by atoms with Crippen molar-refractivity contribution in [2.24, 2.45) is 0 Å². The highest BCUT2D eigenvalue weighted by Gasteiger charge is 2.35. The van der Waals surface area contributed by atoms with E-state index in [2.05, 4.69) is 133 Å². The Bertz CT molecular complexity index is 1160. The van der Waals surface area contributed by atoms with E-state index >= 15 is 0 Å². The molecule has 0 unspecified atom stereocenters. The molecule has 4 nitrogen and oxygen atoms in total. The first-order chi connectivity index (χ1) is 15.4. The zero-order valence-electron chi connectivity index (χ0n) is 19.2. The van der Waals surface area contributed by atoms with Gasteiger partial charge >= 0.3 is 0 Å². The first-order valence-electron chi connectivity index (χ1n) is 11.0. The number of hydrogen-bond donors (Lipinski definition) is 0. The molecule has 3 aromatic rings. The molecule has 3 aromatic carbocycles. The van der Waals surface area contributed by atoms with E-state index < -0.39 is 0 Å². The second-order valence-corrected chi connectivity index (χ2v) is 10.3. The fraction of sp³-hybridized carbons (Fsp3) is 0.259. The molecule has 0 spiro atoms. The van der Waals surface area contributed by atoms with E-state index in [1.807, 2.05) is 11.8 Å². The Kier molecular flexibility index (Phi) is 5.39. The second kappa shape index (κ2) is 8.23. The standard InChI is InChI=1S/C27H30N4S/c1-27(2)25-13-5-6-14-26(25)31(20-29(27)4)22-10-8-12-24(18-22)32-23-11-7-9-21(17-23)30-16-15-28(3)19-30/h5-18H,19-20H2,1-4H3. The zero-order chi connectivity index (χ0) is 22.3. The van der Waals surface area contributed by atoms with Crippen LogP contribution in [0.1, 0.15) is 19.4 Å². The first-order valence-corrected chi connectivity index (χ1v) is 11.8. The molecule has 0 fully saturated rings. The van der Waals surface area contributed by atoms with E-state index in [4.69, 9.17) is 0 Å². The fourth-order valence-corrected chi connectivity index (χ4v) is 5.32. The molecule has 2 aliphatic heterocycles. The molecule has 5 heteroatoms. The van der Waals surface area contributed by atoms with Gasteiger partial charge in [-0.15, -0.1) is 0 Å². The molecule has 0 bridgehead atoms. The van der Waals surface area contributed by atoms with E-state index in [0.717, 1.165) is 13.3 Å². The fourth-order valence-electron chi connectivity index (χ4n) is 4.39. The van der Waals surface area contributed by atoms with Crippen molar-refractivity contribution in [1.82, 2.24) is 9.80 Å². The third-order valence-electron chi connectivity index (χ3n) is 6.55. The minimum absolute atomic E-state index is 0.0119. The Morgan fingerprint density at radius 3 is 2.16 bits per heavy atom. The van der Waals surface area contributed by atoms with Crippen molar-refractivity contribution in [2.75, 3.05) is 37.2 Å². The summed E-state index contributed by atoms with van der Waals surface area (Å²) in [6, 6.07) is 26.5. The minimum Gasteiger partial charge on any atom is -0.361 e. The van der Waals surface area contributed by atoms with Gasteiger partial charge in [-0.25, -0.2) is 0 Å². The van der Waals surface area contributed by atoms with Crippen LogP contribution in [-0.2, 0) is 5.54 Å². The van der Waals surface area contributed by atoms with Gasteiger partial charge in [0, 0.05) is 51.8 Å². The van der Waals surface area contributed by atoms with Crippen molar-refractivity contribution in [1.29, 1.82) is 0 Å². The van der Waals surface area contributed by atoms with Crippen molar-refractivity contribution < 1.29 is 0 Å². The van der Waals surface area contributed by atoms with Crippen LogP contribution in [0.5, 0.6) is 0 Å². The molecule has 0 atom stereocenters. The molecular formula is C27H30N4S. The molecule has 0 radical (unpaired) electrons. The van der Waals surface area contributed by atoms with Crippen molar-refractivity contribution in [3.8, 4) is 0 Å². The molecule has 0 N–H and O–H groups in total. The Balaban J connectivity index is 1.42. The molecule has 164 valence electrons. The van der Waals surface area contributed by atoms with Gasteiger partial charge in [0.15, 0.2) is 0 Å². The summed E-state index contributed by atoms with van der Waals surface area (Å²) in [7, 11) is 4.30. The highest BCUT2D eigenvalue weighted by Crippen LogP contribution is 2.43. The van der Waals surface area contributed by atoms with Crippen molar-refractivity contribution in [2.45, 2.75) is 29.2 Å². The molecule has 0 aliphatic carbocycles. The molecular weight excluding hydrogens is 412 g/mol. The smallest absolute Gasteiger partial charge is 0.0938 e. The quantitative estimate of drug-likeness (QED) is 0.469. The van der Waals surface area contributed by atoms with Gasteiger partial charge in [-0.1, -0.05) is 42.1 Å². The molecule has 0 aromatic heterocycles. The summed E-state index contributed by atoms with van der Waals surface area (Å²) in [5, 5.41) is 0. The Morgan fingerprint density at radius 2 is 1.44 bits per heavy atom. The largest absolute Gasteiger partial charge is 0.361 e. The SMILES string of the molecule is CN1C=CN(c2cccc(Sc3cccc(N4CN(C)C(C)(C)c5ccccc54)c3)c2)C1. The maximum atomic E-state index is 2.42. The third kappa shape index (κ3) is 3.87. The normalized spacial score (nSPS) is 17.7. The number of hydrogen-bond acceptors (Lipinski definition) is 5. The van der Waals surface area contributed by atoms with Gasteiger partial charge in [-0.2, -0.15) is 0 Å². The number of anilines is 3. The summed E-state index contributed by atoms with van der Waals surface area (Å²) in [6.07, 6.45) is 4.24. The van der Waals surface area contributed by atoms with Crippen molar-refractivity contribution >= 4 is 28.8 Å². The van der Waals surface area contributed by atoms with Gasteiger partial charge in [0.2, 0.25) is 0 Å². The van der Waals surface area contributed by atoms with Crippen LogP contribution >= 0.6 is 11.8 Å². The van der Waals surface area contributed by atoms with Gasteiger partial charge in [-0.05, 0) is 68.9 Å². The van der Waals surface area contributed by atoms with E-state index in [9.17, 15) is 0 Å². The Morgan fingerprint density at radius 1 is 0.750 bits per heavy atom. The topological polar surface area (TPSA) is 13.0 Å². The van der Waals surface area contributed by atoms with E-state index in [1.54, 1.807) is 0 Å². The van der Waals surface area contributed by atoms with E-state index in [-0.39, 0.29) is 5.54 Å². The van der Waals surface area contributed by atoms with Gasteiger partial charge in [0.1, 0.15) is 0 Å². The molecule has 5 rings (SSSR count). The van der Waals surface area contributed by atoms with Crippen LogP contribution in [0.15, 0.2) is 95.0 Å². The number of fused-ring (bicyclic) bond motifs is 1. The average Bonchev–Trinajstić information content (AvgIpc) is 3.23. The van der Waals surface area contributed by atoms with Gasteiger partial charge in [0.25, 0.3) is 0 Å². The minimum atomic E-state index is 0.0119. The van der Waals surface area contributed by atoms with Crippen LogP contribution in [0.4, 0.5) is 17.1 Å². The third-order valence-corrected chi connectivity index (χ3v) is 7.53. The number of nitrogens with zero attached hydrogens (tertiary/aromatic N) is 4. The molecule has 32 heavy (non-hydrogen) atoms. The lowest BCUT2D eigenvalue weighted by Gasteiger charge is -2.47. The van der Waals surface area contributed by atoms with Gasteiger partial charge in [-0.3, -0.25) is 4.90 Å². The van der Waals surface area contributed by atoms with Crippen molar-refractivity contribution in [3.63, 3.8) is 0 Å². The highest BCUT2D eigenvalue weighted by molar-refractivity contribution is 7.99. The summed E-state index contributed by atoms with van der Waals surface area (Å²) in [5.74, 6) is 0. The predicted octanol–water partition coefficient (Wildman–Crippen LogP) is 6.29. The molecule has 2 aliphatic rings.